The third kappa shape index (κ3) is 7.04. The Morgan fingerprint density at radius 2 is 1.76 bits per heavy atom. The predicted octanol–water partition coefficient (Wildman–Crippen LogP) is 4.92. The maximum Gasteiger partial charge on any atom is 0.409 e. The van der Waals surface area contributed by atoms with Crippen LogP contribution in [0.25, 0.3) is 0 Å². The van der Waals surface area contributed by atoms with Gasteiger partial charge in [-0.25, -0.2) is 4.79 Å². The Balaban J connectivity index is 1.67. The number of benzene rings is 2. The molecule has 216 valence electrons. The molecular formula is C30H34N4O6S. The maximum atomic E-state index is 13.4. The van der Waals surface area contributed by atoms with Gasteiger partial charge in [0.2, 0.25) is 0 Å². The molecule has 10 nitrogen and oxygen atoms in total. The molecule has 3 unspecified atom stereocenters. The molecule has 11 heteroatoms. The van der Waals surface area contributed by atoms with Crippen molar-refractivity contribution in [3.8, 4) is 0 Å². The van der Waals surface area contributed by atoms with E-state index in [0.717, 1.165) is 10.4 Å². The van der Waals surface area contributed by atoms with Crippen LogP contribution in [0.4, 0.5) is 16.2 Å². The number of aryl methyl sites for hydroxylation is 1. The molecule has 1 saturated heterocycles. The number of methoxy groups -OCH3 is 1. The third-order valence-electron chi connectivity index (χ3n) is 7.06. The Bertz CT molecular complexity index is 1430. The lowest BCUT2D eigenvalue weighted by Crippen LogP contribution is -2.58. The van der Waals surface area contributed by atoms with Crippen LogP contribution >= 0.6 is 11.3 Å². The number of hydrogen-bond acceptors (Lipinski definition) is 7. The zero-order chi connectivity index (χ0) is 29.7. The summed E-state index contributed by atoms with van der Waals surface area (Å²) in [7, 11) is 1.36. The lowest BCUT2D eigenvalue weighted by Gasteiger charge is -2.45. The largest absolute Gasteiger partial charge is 0.481 e. The van der Waals surface area contributed by atoms with E-state index in [1.807, 2.05) is 32.2 Å². The van der Waals surface area contributed by atoms with Crippen molar-refractivity contribution >= 4 is 46.6 Å². The zero-order valence-corrected chi connectivity index (χ0v) is 24.2. The van der Waals surface area contributed by atoms with Crippen molar-refractivity contribution in [1.82, 2.24) is 10.2 Å². The fourth-order valence-corrected chi connectivity index (χ4v) is 5.75. The average Bonchev–Trinajstić information content (AvgIpc) is 3.48. The molecule has 0 radical (unpaired) electrons. The van der Waals surface area contributed by atoms with Gasteiger partial charge in [-0.3, -0.25) is 14.4 Å². The Morgan fingerprint density at radius 3 is 2.41 bits per heavy atom. The van der Waals surface area contributed by atoms with Gasteiger partial charge in [0.05, 0.1) is 30.9 Å². The highest BCUT2D eigenvalue weighted by Gasteiger charge is 2.34. The zero-order valence-electron chi connectivity index (χ0n) is 23.4. The molecule has 1 aromatic heterocycles. The van der Waals surface area contributed by atoms with Crippen molar-refractivity contribution in [2.45, 2.75) is 45.3 Å². The number of carbonyl (C=O) groups excluding carboxylic acids is 3. The number of anilines is 2. The first-order chi connectivity index (χ1) is 19.6. The second-order valence-corrected chi connectivity index (χ2v) is 11.1. The van der Waals surface area contributed by atoms with Gasteiger partial charge in [0, 0.05) is 41.2 Å². The van der Waals surface area contributed by atoms with E-state index >= 15 is 0 Å². The average molecular weight is 579 g/mol. The number of hydrogen-bond donors (Lipinski definition) is 3. The first kappa shape index (κ1) is 29.6. The van der Waals surface area contributed by atoms with Gasteiger partial charge < -0.3 is 30.3 Å². The second-order valence-electron chi connectivity index (χ2n) is 10.2. The number of ether oxygens (including phenoxy) is 1. The summed E-state index contributed by atoms with van der Waals surface area (Å²) in [5, 5.41) is 17.0. The van der Waals surface area contributed by atoms with E-state index in [0.29, 0.717) is 30.0 Å². The molecule has 3 aromatic rings. The van der Waals surface area contributed by atoms with Crippen LogP contribution in [0.5, 0.6) is 0 Å². The normalized spacial score (nSPS) is 17.5. The molecule has 3 N–H and O–H groups in total. The van der Waals surface area contributed by atoms with E-state index in [9.17, 15) is 24.3 Å². The van der Waals surface area contributed by atoms with Gasteiger partial charge >= 0.3 is 12.1 Å². The standard InChI is InChI=1S/C30H34N4O6S/c1-18-7-5-8-21(13-18)28(37)31-23-14-22(29(38)32-24(15-27(35)36)26-9-6-12-41-26)10-11-25(23)33-16-20(3)34(17-19(33)2)30(39)40-4/h5-14,19-20,24H,15-17H2,1-4H3,(H,31,37)(H,32,38)(H,35,36). The lowest BCUT2D eigenvalue weighted by molar-refractivity contribution is -0.137. The van der Waals surface area contributed by atoms with Gasteiger partial charge in [-0.05, 0) is 62.5 Å². The number of piperazine rings is 1. The van der Waals surface area contributed by atoms with Crippen LogP contribution in [0, 0.1) is 6.92 Å². The van der Waals surface area contributed by atoms with Crippen LogP contribution in [0.3, 0.4) is 0 Å². The third-order valence-corrected chi connectivity index (χ3v) is 8.05. The van der Waals surface area contributed by atoms with E-state index < -0.39 is 24.0 Å². The van der Waals surface area contributed by atoms with Crippen LogP contribution in [0.15, 0.2) is 60.0 Å². The van der Waals surface area contributed by atoms with E-state index in [4.69, 9.17) is 4.74 Å². The molecule has 0 spiro atoms. The summed E-state index contributed by atoms with van der Waals surface area (Å²) >= 11 is 1.37. The summed E-state index contributed by atoms with van der Waals surface area (Å²) in [5.41, 5.74) is 2.81. The van der Waals surface area contributed by atoms with Crippen LogP contribution in [0.2, 0.25) is 0 Å². The predicted molar refractivity (Wildman–Crippen MR) is 158 cm³/mol. The molecule has 41 heavy (non-hydrogen) atoms. The maximum absolute atomic E-state index is 13.4. The number of carboxylic acids is 1. The van der Waals surface area contributed by atoms with E-state index in [-0.39, 0.29) is 30.0 Å². The van der Waals surface area contributed by atoms with Crippen molar-refractivity contribution in [2.75, 3.05) is 30.4 Å². The molecule has 0 bridgehead atoms. The number of rotatable bonds is 8. The molecule has 2 aromatic carbocycles. The number of nitrogens with zero attached hydrogens (tertiary/aromatic N) is 2. The minimum absolute atomic E-state index is 0.113. The SMILES string of the molecule is COC(=O)N1CC(C)N(c2ccc(C(=O)NC(CC(=O)O)c3cccs3)cc2NC(=O)c2cccc(C)c2)CC1C. The summed E-state index contributed by atoms with van der Waals surface area (Å²) in [6.45, 7) is 6.70. The van der Waals surface area contributed by atoms with Crippen molar-refractivity contribution in [3.05, 3.63) is 81.5 Å². The molecule has 3 amide bonds. The molecule has 0 saturated carbocycles. The number of thiophene rings is 1. The van der Waals surface area contributed by atoms with Crippen molar-refractivity contribution < 1.29 is 29.0 Å². The van der Waals surface area contributed by atoms with Crippen LogP contribution in [-0.4, -0.2) is 66.2 Å². The summed E-state index contributed by atoms with van der Waals surface area (Å²) < 4.78 is 4.94. The molecule has 1 fully saturated rings. The molecule has 1 aliphatic heterocycles. The topological polar surface area (TPSA) is 128 Å². The monoisotopic (exact) mass is 578 g/mol. The van der Waals surface area contributed by atoms with Gasteiger partial charge in [0.25, 0.3) is 11.8 Å². The quantitative estimate of drug-likeness (QED) is 0.346. The number of aliphatic carboxylic acids is 1. The Morgan fingerprint density at radius 1 is 1.00 bits per heavy atom. The number of carboxylic acid groups (broad SMARTS) is 1. The highest BCUT2D eigenvalue weighted by molar-refractivity contribution is 7.10. The smallest absolute Gasteiger partial charge is 0.409 e. The highest BCUT2D eigenvalue weighted by atomic mass is 32.1. The van der Waals surface area contributed by atoms with Crippen LogP contribution in [-0.2, 0) is 9.53 Å². The van der Waals surface area contributed by atoms with Crippen molar-refractivity contribution in [2.24, 2.45) is 0 Å². The first-order valence-corrected chi connectivity index (χ1v) is 14.1. The molecule has 4 rings (SSSR count). The molecular weight excluding hydrogens is 544 g/mol. The minimum Gasteiger partial charge on any atom is -0.481 e. The number of amides is 3. The summed E-state index contributed by atoms with van der Waals surface area (Å²) in [5.74, 6) is -1.82. The van der Waals surface area contributed by atoms with Crippen molar-refractivity contribution in [3.63, 3.8) is 0 Å². The summed E-state index contributed by atoms with van der Waals surface area (Å²) in [6.07, 6.45) is -0.660. The van der Waals surface area contributed by atoms with E-state index in [2.05, 4.69) is 15.5 Å². The Kier molecular flexibility index (Phi) is 9.28. The van der Waals surface area contributed by atoms with Gasteiger partial charge in [0.1, 0.15) is 0 Å². The second kappa shape index (κ2) is 12.9. The molecule has 0 aliphatic carbocycles. The fourth-order valence-electron chi connectivity index (χ4n) is 4.97. The number of carbonyl (C=O) groups is 4. The lowest BCUT2D eigenvalue weighted by atomic mass is 10.0. The molecule has 3 atom stereocenters. The molecule has 2 heterocycles. The number of nitrogens with one attached hydrogen (secondary N) is 2. The summed E-state index contributed by atoms with van der Waals surface area (Å²) in [6, 6.07) is 14.9. The van der Waals surface area contributed by atoms with Crippen molar-refractivity contribution in [1.29, 1.82) is 0 Å². The first-order valence-electron chi connectivity index (χ1n) is 13.3. The fraction of sp³-hybridized carbons (Fsp3) is 0.333. The van der Waals surface area contributed by atoms with E-state index in [1.165, 1.54) is 18.4 Å². The minimum atomic E-state index is -1.03. The summed E-state index contributed by atoms with van der Waals surface area (Å²) in [4.78, 5) is 54.9. The van der Waals surface area contributed by atoms with Gasteiger partial charge in [0.15, 0.2) is 0 Å². The van der Waals surface area contributed by atoms with E-state index in [1.54, 1.807) is 53.4 Å². The van der Waals surface area contributed by atoms with Crippen LogP contribution < -0.4 is 15.5 Å². The Labute approximate surface area is 242 Å². The van der Waals surface area contributed by atoms with Gasteiger partial charge in [-0.15, -0.1) is 11.3 Å². The highest BCUT2D eigenvalue weighted by Crippen LogP contribution is 2.33. The van der Waals surface area contributed by atoms with Gasteiger partial charge in [-0.2, -0.15) is 0 Å². The van der Waals surface area contributed by atoms with Gasteiger partial charge in [-0.1, -0.05) is 23.8 Å². The Hall–Kier alpha value is -4.38. The van der Waals surface area contributed by atoms with Crippen LogP contribution in [0.1, 0.15) is 57.5 Å². The molecule has 1 aliphatic rings.